The number of nitrogens with zero attached hydrogens (tertiary/aromatic N) is 1. The zero-order valence-electron chi connectivity index (χ0n) is 9.77. The second kappa shape index (κ2) is 5.00. The first kappa shape index (κ1) is 13.5. The molecule has 5 nitrogen and oxygen atoms in total. The smallest absolute Gasteiger partial charge is 0.246 e. The van der Waals surface area contributed by atoms with Crippen molar-refractivity contribution in [1.82, 2.24) is 9.71 Å². The van der Waals surface area contributed by atoms with Gasteiger partial charge >= 0.3 is 10.2 Å². The molecule has 0 amide bonds. The normalized spacial score (nSPS) is 12.2. The molecule has 0 radical (unpaired) electrons. The minimum absolute atomic E-state index is 0.175. The molecule has 2 N–H and O–H groups in total. The highest BCUT2D eigenvalue weighted by Crippen LogP contribution is 2.28. The number of nitrogens with one attached hydrogen (secondary N) is 2. The molecule has 0 fully saturated rings. The van der Waals surface area contributed by atoms with Crippen molar-refractivity contribution >= 4 is 48.5 Å². The summed E-state index contributed by atoms with van der Waals surface area (Å²) in [6, 6.07) is 5.05. The van der Waals surface area contributed by atoms with E-state index in [4.69, 9.17) is 11.6 Å². The Morgan fingerprint density at radius 2 is 2.11 bits per heavy atom. The van der Waals surface area contributed by atoms with Gasteiger partial charge in [-0.2, -0.15) is 13.1 Å². The highest BCUT2D eigenvalue weighted by atomic mass is 35.5. The SMILES string of the molecule is CC(C)NS(=O)(=O)Nc1nc2ccc(Cl)cc2s1. The molecule has 1 heterocycles. The van der Waals surface area contributed by atoms with Crippen LogP contribution < -0.4 is 9.44 Å². The summed E-state index contributed by atoms with van der Waals surface area (Å²) in [6.07, 6.45) is 0. The van der Waals surface area contributed by atoms with Crippen molar-refractivity contribution in [3.8, 4) is 0 Å². The third kappa shape index (κ3) is 3.32. The lowest BCUT2D eigenvalue weighted by molar-refractivity contribution is 0.575. The van der Waals surface area contributed by atoms with Gasteiger partial charge in [-0.3, -0.25) is 0 Å². The van der Waals surface area contributed by atoms with Crippen LogP contribution in [-0.4, -0.2) is 19.4 Å². The van der Waals surface area contributed by atoms with E-state index in [0.29, 0.717) is 15.7 Å². The van der Waals surface area contributed by atoms with Gasteiger partial charge in [0.15, 0.2) is 5.13 Å². The molecule has 0 aliphatic rings. The first-order valence-corrected chi connectivity index (χ1v) is 7.90. The van der Waals surface area contributed by atoms with E-state index in [1.165, 1.54) is 11.3 Å². The van der Waals surface area contributed by atoms with Crippen LogP contribution in [0.15, 0.2) is 18.2 Å². The summed E-state index contributed by atoms with van der Waals surface area (Å²) < 4.78 is 29.0. The molecule has 0 saturated heterocycles. The quantitative estimate of drug-likeness (QED) is 0.912. The van der Waals surface area contributed by atoms with E-state index < -0.39 is 10.2 Å². The van der Waals surface area contributed by atoms with Gasteiger partial charge in [0.2, 0.25) is 0 Å². The maximum absolute atomic E-state index is 11.7. The van der Waals surface area contributed by atoms with E-state index >= 15 is 0 Å². The monoisotopic (exact) mass is 305 g/mol. The fraction of sp³-hybridized carbons (Fsp3) is 0.300. The lowest BCUT2D eigenvalue weighted by Crippen LogP contribution is -2.35. The average Bonchev–Trinajstić information content (AvgIpc) is 2.55. The number of rotatable bonds is 4. The van der Waals surface area contributed by atoms with Crippen LogP contribution in [0.4, 0.5) is 5.13 Å². The van der Waals surface area contributed by atoms with Crippen LogP contribution >= 0.6 is 22.9 Å². The third-order valence-electron chi connectivity index (χ3n) is 1.96. The van der Waals surface area contributed by atoms with Gasteiger partial charge in [-0.05, 0) is 32.0 Å². The van der Waals surface area contributed by atoms with Crippen LogP contribution in [0.1, 0.15) is 13.8 Å². The summed E-state index contributed by atoms with van der Waals surface area (Å²) in [4.78, 5) is 4.18. The lowest BCUT2D eigenvalue weighted by atomic mass is 10.3. The maximum Gasteiger partial charge on any atom is 0.301 e. The Kier molecular flexibility index (Phi) is 3.76. The Bertz CT molecular complexity index is 667. The highest BCUT2D eigenvalue weighted by Gasteiger charge is 2.14. The molecule has 1 aromatic carbocycles. The predicted molar refractivity (Wildman–Crippen MR) is 75.4 cm³/mol. The van der Waals surface area contributed by atoms with Crippen LogP contribution in [-0.2, 0) is 10.2 Å². The Labute approximate surface area is 114 Å². The molecule has 0 aliphatic heterocycles. The number of hydrogen-bond acceptors (Lipinski definition) is 4. The van der Waals surface area contributed by atoms with Crippen LogP contribution in [0.2, 0.25) is 5.02 Å². The Balaban J connectivity index is 2.27. The third-order valence-corrected chi connectivity index (χ3v) is 4.50. The molecule has 98 valence electrons. The van der Waals surface area contributed by atoms with Crippen LogP contribution in [0.3, 0.4) is 0 Å². The average molecular weight is 306 g/mol. The number of hydrogen-bond donors (Lipinski definition) is 2. The number of benzene rings is 1. The van der Waals surface area contributed by atoms with Crippen molar-refractivity contribution in [3.05, 3.63) is 23.2 Å². The second-order valence-electron chi connectivity index (χ2n) is 4.01. The molecule has 0 unspecified atom stereocenters. The van der Waals surface area contributed by atoms with E-state index in [2.05, 4.69) is 14.4 Å². The van der Waals surface area contributed by atoms with Gasteiger partial charge < -0.3 is 0 Å². The Hall–Kier alpha value is -0.890. The first-order chi connectivity index (χ1) is 8.35. The molecule has 1 aromatic heterocycles. The standard InChI is InChI=1S/C10H12ClN3O2S2/c1-6(2)13-18(15,16)14-10-12-8-4-3-7(11)5-9(8)17-10/h3-6,13H,1-2H3,(H,12,14). The second-order valence-corrected chi connectivity index (χ2v) is 6.92. The number of aromatic nitrogens is 1. The molecule has 2 rings (SSSR count). The molecule has 0 bridgehead atoms. The van der Waals surface area contributed by atoms with Gasteiger partial charge in [0, 0.05) is 11.1 Å². The fourth-order valence-electron chi connectivity index (χ4n) is 1.40. The molecule has 8 heteroatoms. The molecule has 0 aliphatic carbocycles. The van der Waals surface area contributed by atoms with E-state index in [0.717, 1.165) is 4.70 Å². The minimum Gasteiger partial charge on any atom is -0.246 e. The molecule has 0 spiro atoms. The molecule has 18 heavy (non-hydrogen) atoms. The minimum atomic E-state index is -3.58. The Morgan fingerprint density at radius 1 is 1.39 bits per heavy atom. The number of fused-ring (bicyclic) bond motifs is 1. The summed E-state index contributed by atoms with van der Waals surface area (Å²) in [5, 5.41) is 0.918. The van der Waals surface area contributed by atoms with Gasteiger partial charge in [-0.1, -0.05) is 22.9 Å². The fourth-order valence-corrected chi connectivity index (χ4v) is 3.84. The summed E-state index contributed by atoms with van der Waals surface area (Å²) in [7, 11) is -3.58. The van der Waals surface area contributed by atoms with Gasteiger partial charge in [-0.15, -0.1) is 0 Å². The highest BCUT2D eigenvalue weighted by molar-refractivity contribution is 7.91. The molecular weight excluding hydrogens is 294 g/mol. The van der Waals surface area contributed by atoms with E-state index in [-0.39, 0.29) is 6.04 Å². The van der Waals surface area contributed by atoms with Crippen LogP contribution in [0, 0.1) is 0 Å². The van der Waals surface area contributed by atoms with Crippen molar-refractivity contribution in [2.45, 2.75) is 19.9 Å². The van der Waals surface area contributed by atoms with Crippen molar-refractivity contribution in [3.63, 3.8) is 0 Å². The maximum atomic E-state index is 11.7. The van der Waals surface area contributed by atoms with Crippen molar-refractivity contribution in [1.29, 1.82) is 0 Å². The zero-order valence-corrected chi connectivity index (χ0v) is 12.2. The number of halogens is 1. The largest absolute Gasteiger partial charge is 0.301 e. The van der Waals surface area contributed by atoms with Gasteiger partial charge in [-0.25, -0.2) is 9.71 Å². The lowest BCUT2D eigenvalue weighted by Gasteiger charge is -2.08. The van der Waals surface area contributed by atoms with Crippen molar-refractivity contribution < 1.29 is 8.42 Å². The van der Waals surface area contributed by atoms with Crippen LogP contribution in [0.5, 0.6) is 0 Å². The summed E-state index contributed by atoms with van der Waals surface area (Å²) in [5.41, 5.74) is 0.714. The van der Waals surface area contributed by atoms with E-state index in [1.54, 1.807) is 32.0 Å². The predicted octanol–water partition coefficient (Wildman–Crippen LogP) is 2.60. The molecular formula is C10H12ClN3O2S2. The summed E-state index contributed by atoms with van der Waals surface area (Å²) in [6.45, 7) is 3.49. The first-order valence-electron chi connectivity index (χ1n) is 5.22. The molecule has 0 atom stereocenters. The van der Waals surface area contributed by atoms with Crippen LogP contribution in [0.25, 0.3) is 10.2 Å². The van der Waals surface area contributed by atoms with E-state index in [9.17, 15) is 8.42 Å². The van der Waals surface area contributed by atoms with Crippen molar-refractivity contribution in [2.75, 3.05) is 4.72 Å². The van der Waals surface area contributed by atoms with Gasteiger partial charge in [0.1, 0.15) is 0 Å². The van der Waals surface area contributed by atoms with Gasteiger partial charge in [0.25, 0.3) is 0 Å². The summed E-state index contributed by atoms with van der Waals surface area (Å²) >= 11 is 7.10. The number of thiazole rings is 1. The van der Waals surface area contributed by atoms with Crippen molar-refractivity contribution in [2.24, 2.45) is 0 Å². The zero-order chi connectivity index (χ0) is 13.3. The summed E-state index contributed by atoms with van der Waals surface area (Å²) in [5.74, 6) is 0. The van der Waals surface area contributed by atoms with Gasteiger partial charge in [0.05, 0.1) is 10.2 Å². The Morgan fingerprint density at radius 3 is 2.78 bits per heavy atom. The topological polar surface area (TPSA) is 71.1 Å². The van der Waals surface area contributed by atoms with E-state index in [1.807, 2.05) is 0 Å². The number of anilines is 1. The molecule has 2 aromatic rings. The molecule has 0 saturated carbocycles.